The molecule has 0 radical (unpaired) electrons. The van der Waals surface area contributed by atoms with E-state index in [0.29, 0.717) is 12.5 Å². The van der Waals surface area contributed by atoms with Gasteiger partial charge < -0.3 is 9.73 Å². The maximum atomic E-state index is 12.1. The molecule has 1 amide bonds. The molecule has 1 N–H and O–H groups in total. The van der Waals surface area contributed by atoms with Crippen LogP contribution in [0.5, 0.6) is 0 Å². The van der Waals surface area contributed by atoms with Crippen LogP contribution in [0.2, 0.25) is 0 Å². The second-order valence-corrected chi connectivity index (χ2v) is 7.51. The summed E-state index contributed by atoms with van der Waals surface area (Å²) in [6.07, 6.45) is 3.98. The third kappa shape index (κ3) is 3.96. The van der Waals surface area contributed by atoms with Crippen molar-refractivity contribution in [3.05, 3.63) is 30.0 Å². The Hall–Kier alpha value is -1.76. The number of aromatic nitrogens is 3. The van der Waals surface area contributed by atoms with E-state index >= 15 is 0 Å². The van der Waals surface area contributed by atoms with Gasteiger partial charge in [0, 0.05) is 12.0 Å². The number of carbonyl (C=O) groups is 1. The van der Waals surface area contributed by atoms with Gasteiger partial charge in [0.05, 0.1) is 18.1 Å². The normalized spacial score (nSPS) is 15.8. The van der Waals surface area contributed by atoms with Gasteiger partial charge in [-0.2, -0.15) is 0 Å². The maximum absolute atomic E-state index is 12.1. The van der Waals surface area contributed by atoms with Crippen LogP contribution in [0.15, 0.2) is 28.0 Å². The molecule has 0 bridgehead atoms. The van der Waals surface area contributed by atoms with Gasteiger partial charge >= 0.3 is 0 Å². The van der Waals surface area contributed by atoms with Crippen molar-refractivity contribution in [3.8, 4) is 0 Å². The van der Waals surface area contributed by atoms with Crippen molar-refractivity contribution in [1.82, 2.24) is 20.1 Å². The van der Waals surface area contributed by atoms with Crippen LogP contribution in [0.1, 0.15) is 51.1 Å². The molecule has 0 spiro atoms. The Morgan fingerprint density at radius 1 is 1.43 bits per heavy atom. The van der Waals surface area contributed by atoms with E-state index < -0.39 is 0 Å². The molecule has 7 heteroatoms. The largest absolute Gasteiger partial charge is 0.467 e. The highest BCUT2D eigenvalue weighted by Gasteiger charge is 2.31. The Bertz CT molecular complexity index is 662. The topological polar surface area (TPSA) is 73.0 Å². The SMILES string of the molecule is CC(C)NC(=O)C(C)Sc1nnc(C2CC2)n1Cc1ccco1. The van der Waals surface area contributed by atoms with E-state index in [-0.39, 0.29) is 17.2 Å². The zero-order chi connectivity index (χ0) is 16.4. The summed E-state index contributed by atoms with van der Waals surface area (Å²) in [6.45, 7) is 6.41. The average molecular weight is 334 g/mol. The third-order valence-corrected chi connectivity index (χ3v) is 4.74. The minimum absolute atomic E-state index is 0.0190. The fraction of sp³-hybridized carbons (Fsp3) is 0.562. The van der Waals surface area contributed by atoms with Crippen LogP contribution in [0, 0.1) is 0 Å². The molecule has 1 atom stereocenters. The van der Waals surface area contributed by atoms with Crippen molar-refractivity contribution in [2.45, 2.75) is 62.5 Å². The molecule has 1 aliphatic rings. The lowest BCUT2D eigenvalue weighted by molar-refractivity contribution is -0.120. The van der Waals surface area contributed by atoms with Gasteiger partial charge in [-0.25, -0.2) is 0 Å². The van der Waals surface area contributed by atoms with E-state index in [1.165, 1.54) is 11.8 Å². The molecule has 2 aromatic rings. The zero-order valence-electron chi connectivity index (χ0n) is 13.7. The fourth-order valence-electron chi connectivity index (χ4n) is 2.35. The van der Waals surface area contributed by atoms with Crippen LogP contribution in [0.3, 0.4) is 0 Å². The lowest BCUT2D eigenvalue weighted by atomic mass is 10.3. The summed E-state index contributed by atoms with van der Waals surface area (Å²) in [5.74, 6) is 2.38. The Balaban J connectivity index is 1.77. The van der Waals surface area contributed by atoms with Gasteiger partial charge in [-0.15, -0.1) is 10.2 Å². The molecule has 0 aromatic carbocycles. The molecule has 2 aromatic heterocycles. The van der Waals surface area contributed by atoms with Crippen LogP contribution in [0.25, 0.3) is 0 Å². The highest BCUT2D eigenvalue weighted by atomic mass is 32.2. The van der Waals surface area contributed by atoms with E-state index in [1.54, 1.807) is 6.26 Å². The van der Waals surface area contributed by atoms with Gasteiger partial charge in [-0.3, -0.25) is 9.36 Å². The second-order valence-electron chi connectivity index (χ2n) is 6.20. The van der Waals surface area contributed by atoms with Crippen molar-refractivity contribution in [2.75, 3.05) is 0 Å². The smallest absolute Gasteiger partial charge is 0.233 e. The molecular formula is C16H22N4O2S. The van der Waals surface area contributed by atoms with Crippen LogP contribution < -0.4 is 5.32 Å². The number of hydrogen-bond donors (Lipinski definition) is 1. The summed E-state index contributed by atoms with van der Waals surface area (Å²) in [6, 6.07) is 3.95. The number of thioether (sulfide) groups is 1. The molecule has 3 rings (SSSR count). The Labute approximate surface area is 140 Å². The van der Waals surface area contributed by atoms with Gasteiger partial charge in [0.1, 0.15) is 11.6 Å². The zero-order valence-corrected chi connectivity index (χ0v) is 14.5. The Morgan fingerprint density at radius 2 is 2.22 bits per heavy atom. The minimum atomic E-state index is -0.219. The monoisotopic (exact) mass is 334 g/mol. The van der Waals surface area contributed by atoms with E-state index in [1.807, 2.05) is 32.9 Å². The molecule has 2 heterocycles. The molecule has 1 aliphatic carbocycles. The third-order valence-electron chi connectivity index (χ3n) is 3.66. The van der Waals surface area contributed by atoms with Crippen molar-refractivity contribution < 1.29 is 9.21 Å². The molecule has 1 fully saturated rings. The number of rotatable bonds is 7. The second kappa shape index (κ2) is 6.78. The Morgan fingerprint density at radius 3 is 2.83 bits per heavy atom. The van der Waals surface area contributed by atoms with Crippen molar-refractivity contribution >= 4 is 17.7 Å². The first kappa shape index (κ1) is 16.1. The highest BCUT2D eigenvalue weighted by molar-refractivity contribution is 8.00. The molecule has 1 saturated carbocycles. The van der Waals surface area contributed by atoms with Crippen molar-refractivity contribution in [2.24, 2.45) is 0 Å². The average Bonchev–Trinajstić information content (AvgIpc) is 3.06. The summed E-state index contributed by atoms with van der Waals surface area (Å²) < 4.78 is 7.54. The van der Waals surface area contributed by atoms with Gasteiger partial charge in [0.25, 0.3) is 0 Å². The number of carbonyl (C=O) groups excluding carboxylic acids is 1. The summed E-state index contributed by atoms with van der Waals surface area (Å²) in [5.41, 5.74) is 0. The number of furan rings is 1. The summed E-state index contributed by atoms with van der Waals surface area (Å²) in [4.78, 5) is 12.1. The quantitative estimate of drug-likeness (QED) is 0.788. The van der Waals surface area contributed by atoms with Crippen molar-refractivity contribution in [1.29, 1.82) is 0 Å². The van der Waals surface area contributed by atoms with Gasteiger partial charge in [-0.05, 0) is 45.7 Å². The first-order chi connectivity index (χ1) is 11.0. The van der Waals surface area contributed by atoms with Crippen LogP contribution >= 0.6 is 11.8 Å². The molecule has 0 saturated heterocycles. The van der Waals surface area contributed by atoms with Crippen molar-refractivity contribution in [3.63, 3.8) is 0 Å². The summed E-state index contributed by atoms with van der Waals surface area (Å²) in [5, 5.41) is 12.2. The lowest BCUT2D eigenvalue weighted by Crippen LogP contribution is -2.36. The summed E-state index contributed by atoms with van der Waals surface area (Å²) in [7, 11) is 0. The molecule has 23 heavy (non-hydrogen) atoms. The molecular weight excluding hydrogens is 312 g/mol. The molecule has 1 unspecified atom stereocenters. The van der Waals surface area contributed by atoms with Crippen LogP contribution in [0.4, 0.5) is 0 Å². The minimum Gasteiger partial charge on any atom is -0.467 e. The first-order valence-electron chi connectivity index (χ1n) is 7.97. The molecule has 6 nitrogen and oxygen atoms in total. The highest BCUT2D eigenvalue weighted by Crippen LogP contribution is 2.40. The van der Waals surface area contributed by atoms with Crippen LogP contribution in [-0.4, -0.2) is 32.0 Å². The van der Waals surface area contributed by atoms with E-state index in [0.717, 1.165) is 29.6 Å². The van der Waals surface area contributed by atoms with Gasteiger partial charge in [-0.1, -0.05) is 11.8 Å². The number of hydrogen-bond acceptors (Lipinski definition) is 5. The number of nitrogens with zero attached hydrogens (tertiary/aromatic N) is 3. The molecule has 0 aliphatic heterocycles. The van der Waals surface area contributed by atoms with E-state index in [4.69, 9.17) is 4.42 Å². The lowest BCUT2D eigenvalue weighted by Gasteiger charge is -2.14. The fourth-order valence-corrected chi connectivity index (χ4v) is 3.22. The first-order valence-corrected chi connectivity index (χ1v) is 8.85. The maximum Gasteiger partial charge on any atom is 0.233 e. The predicted octanol–water partition coefficient (Wildman–Crippen LogP) is 2.80. The van der Waals surface area contributed by atoms with Crippen LogP contribution in [-0.2, 0) is 11.3 Å². The standard InChI is InChI=1S/C16H22N4O2S/c1-10(2)17-15(21)11(3)23-16-19-18-14(12-6-7-12)20(16)9-13-5-4-8-22-13/h4-5,8,10-12H,6-7,9H2,1-3H3,(H,17,21). The van der Waals surface area contributed by atoms with E-state index in [9.17, 15) is 4.79 Å². The summed E-state index contributed by atoms with van der Waals surface area (Å²) >= 11 is 1.44. The van der Waals surface area contributed by atoms with Gasteiger partial charge in [0.15, 0.2) is 5.16 Å². The van der Waals surface area contributed by atoms with E-state index in [2.05, 4.69) is 20.1 Å². The number of amides is 1. The Kier molecular flexibility index (Phi) is 4.75. The number of nitrogens with one attached hydrogen (secondary N) is 1. The molecule has 124 valence electrons. The predicted molar refractivity (Wildman–Crippen MR) is 88.4 cm³/mol. The van der Waals surface area contributed by atoms with Gasteiger partial charge in [0.2, 0.25) is 5.91 Å².